The van der Waals surface area contributed by atoms with E-state index in [0.29, 0.717) is 6.61 Å². The van der Waals surface area contributed by atoms with E-state index >= 15 is 0 Å². The molecule has 0 amide bonds. The van der Waals surface area contributed by atoms with Gasteiger partial charge in [0.15, 0.2) is 0 Å². The standard InChI is InChI=1S/C10H17NO2/c1-4-12-7-10-5-9(6-11-3)8(2)13-10/h5,11H,4,6-7H2,1-3H3. The Bertz CT molecular complexity index is 255. The largest absolute Gasteiger partial charge is 0.464 e. The van der Waals surface area contributed by atoms with Crippen molar-refractivity contribution in [3.63, 3.8) is 0 Å². The van der Waals surface area contributed by atoms with Crippen LogP contribution in [0.25, 0.3) is 0 Å². The molecule has 0 spiro atoms. The summed E-state index contributed by atoms with van der Waals surface area (Å²) in [5, 5.41) is 3.09. The van der Waals surface area contributed by atoms with Crippen molar-refractivity contribution in [3.8, 4) is 0 Å². The fourth-order valence-corrected chi connectivity index (χ4v) is 1.23. The Morgan fingerprint density at radius 2 is 2.31 bits per heavy atom. The molecule has 3 nitrogen and oxygen atoms in total. The van der Waals surface area contributed by atoms with E-state index in [9.17, 15) is 0 Å². The number of nitrogens with one attached hydrogen (secondary N) is 1. The van der Waals surface area contributed by atoms with E-state index in [1.165, 1.54) is 5.56 Å². The summed E-state index contributed by atoms with van der Waals surface area (Å²) in [6.45, 7) is 6.09. The SMILES string of the molecule is CCOCc1cc(CNC)c(C)o1. The summed E-state index contributed by atoms with van der Waals surface area (Å²) in [6.07, 6.45) is 0. The molecular formula is C10H17NO2. The first kappa shape index (κ1) is 10.3. The molecule has 0 aliphatic rings. The Morgan fingerprint density at radius 3 is 2.92 bits per heavy atom. The molecular weight excluding hydrogens is 166 g/mol. The fraction of sp³-hybridized carbons (Fsp3) is 0.600. The number of ether oxygens (including phenoxy) is 1. The zero-order chi connectivity index (χ0) is 9.68. The van der Waals surface area contributed by atoms with Gasteiger partial charge in [-0.25, -0.2) is 0 Å². The zero-order valence-corrected chi connectivity index (χ0v) is 8.52. The van der Waals surface area contributed by atoms with Gasteiger partial charge in [0.25, 0.3) is 0 Å². The van der Waals surface area contributed by atoms with Crippen molar-refractivity contribution in [3.05, 3.63) is 23.2 Å². The predicted molar refractivity (Wildman–Crippen MR) is 51.5 cm³/mol. The summed E-state index contributed by atoms with van der Waals surface area (Å²) < 4.78 is 10.8. The molecule has 1 aromatic heterocycles. The predicted octanol–water partition coefficient (Wildman–Crippen LogP) is 1.84. The maximum atomic E-state index is 5.50. The van der Waals surface area contributed by atoms with Crippen LogP contribution in [0.2, 0.25) is 0 Å². The van der Waals surface area contributed by atoms with Crippen molar-refractivity contribution in [2.24, 2.45) is 0 Å². The highest BCUT2D eigenvalue weighted by molar-refractivity contribution is 5.20. The summed E-state index contributed by atoms with van der Waals surface area (Å²) in [5.74, 6) is 1.88. The van der Waals surface area contributed by atoms with E-state index in [-0.39, 0.29) is 0 Å². The van der Waals surface area contributed by atoms with E-state index in [2.05, 4.69) is 5.32 Å². The highest BCUT2D eigenvalue weighted by Crippen LogP contribution is 2.14. The molecule has 0 radical (unpaired) electrons. The lowest BCUT2D eigenvalue weighted by atomic mass is 10.2. The van der Waals surface area contributed by atoms with Gasteiger partial charge in [-0.1, -0.05) is 0 Å². The molecule has 1 rings (SSSR count). The second-order valence-corrected chi connectivity index (χ2v) is 2.96. The monoisotopic (exact) mass is 183 g/mol. The maximum Gasteiger partial charge on any atom is 0.130 e. The van der Waals surface area contributed by atoms with Gasteiger partial charge in [-0.2, -0.15) is 0 Å². The third kappa shape index (κ3) is 2.86. The summed E-state index contributed by atoms with van der Waals surface area (Å²) in [4.78, 5) is 0. The Balaban J connectivity index is 2.59. The molecule has 0 saturated carbocycles. The lowest BCUT2D eigenvalue weighted by molar-refractivity contribution is 0.117. The molecule has 0 aromatic carbocycles. The molecule has 3 heteroatoms. The molecule has 1 heterocycles. The Labute approximate surface area is 79.1 Å². The molecule has 0 unspecified atom stereocenters. The van der Waals surface area contributed by atoms with Gasteiger partial charge in [0.1, 0.15) is 18.1 Å². The topological polar surface area (TPSA) is 34.4 Å². The molecule has 0 aliphatic heterocycles. The quantitative estimate of drug-likeness (QED) is 0.756. The average Bonchev–Trinajstić information content (AvgIpc) is 2.45. The highest BCUT2D eigenvalue weighted by Gasteiger charge is 2.05. The van der Waals surface area contributed by atoms with Crippen molar-refractivity contribution < 1.29 is 9.15 Å². The van der Waals surface area contributed by atoms with Gasteiger partial charge in [0, 0.05) is 18.7 Å². The van der Waals surface area contributed by atoms with Gasteiger partial charge < -0.3 is 14.5 Å². The van der Waals surface area contributed by atoms with Crippen LogP contribution in [0.1, 0.15) is 24.0 Å². The molecule has 13 heavy (non-hydrogen) atoms. The van der Waals surface area contributed by atoms with Gasteiger partial charge in [0.2, 0.25) is 0 Å². The summed E-state index contributed by atoms with van der Waals surface area (Å²) in [7, 11) is 1.93. The van der Waals surface area contributed by atoms with Crippen LogP contribution in [0.5, 0.6) is 0 Å². The van der Waals surface area contributed by atoms with Gasteiger partial charge in [0.05, 0.1) is 0 Å². The maximum absolute atomic E-state index is 5.50. The van der Waals surface area contributed by atoms with E-state index in [1.807, 2.05) is 27.0 Å². The first-order valence-electron chi connectivity index (χ1n) is 4.58. The van der Waals surface area contributed by atoms with Crippen molar-refractivity contribution in [2.45, 2.75) is 27.0 Å². The van der Waals surface area contributed by atoms with Crippen LogP contribution in [0.15, 0.2) is 10.5 Å². The lowest BCUT2D eigenvalue weighted by Gasteiger charge is -1.94. The minimum Gasteiger partial charge on any atom is -0.464 e. The van der Waals surface area contributed by atoms with Crippen LogP contribution in [-0.2, 0) is 17.9 Å². The summed E-state index contributed by atoms with van der Waals surface area (Å²) >= 11 is 0. The summed E-state index contributed by atoms with van der Waals surface area (Å²) in [6, 6.07) is 2.04. The fourth-order valence-electron chi connectivity index (χ4n) is 1.23. The number of hydrogen-bond donors (Lipinski definition) is 1. The van der Waals surface area contributed by atoms with E-state index < -0.39 is 0 Å². The molecule has 74 valence electrons. The van der Waals surface area contributed by atoms with E-state index in [4.69, 9.17) is 9.15 Å². The van der Waals surface area contributed by atoms with E-state index in [0.717, 1.165) is 24.7 Å². The van der Waals surface area contributed by atoms with E-state index in [1.54, 1.807) is 0 Å². The second-order valence-electron chi connectivity index (χ2n) is 2.96. The number of hydrogen-bond acceptors (Lipinski definition) is 3. The van der Waals surface area contributed by atoms with Gasteiger partial charge in [-0.15, -0.1) is 0 Å². The molecule has 0 aliphatic carbocycles. The lowest BCUT2D eigenvalue weighted by Crippen LogP contribution is -2.04. The van der Waals surface area contributed by atoms with Crippen molar-refractivity contribution in [1.29, 1.82) is 0 Å². The van der Waals surface area contributed by atoms with Crippen LogP contribution in [0, 0.1) is 6.92 Å². The summed E-state index contributed by atoms with van der Waals surface area (Å²) in [5.41, 5.74) is 1.21. The van der Waals surface area contributed by atoms with Crippen molar-refractivity contribution in [2.75, 3.05) is 13.7 Å². The Morgan fingerprint density at radius 1 is 1.54 bits per heavy atom. The van der Waals surface area contributed by atoms with Gasteiger partial charge in [-0.05, 0) is 27.0 Å². The normalized spacial score (nSPS) is 10.7. The number of rotatable bonds is 5. The Hall–Kier alpha value is -0.800. The van der Waals surface area contributed by atoms with Crippen molar-refractivity contribution in [1.82, 2.24) is 5.32 Å². The number of aryl methyl sites for hydroxylation is 1. The van der Waals surface area contributed by atoms with Crippen LogP contribution in [-0.4, -0.2) is 13.7 Å². The third-order valence-corrected chi connectivity index (χ3v) is 1.89. The van der Waals surface area contributed by atoms with Crippen LogP contribution in [0.4, 0.5) is 0 Å². The third-order valence-electron chi connectivity index (χ3n) is 1.89. The van der Waals surface area contributed by atoms with Gasteiger partial charge in [-0.3, -0.25) is 0 Å². The van der Waals surface area contributed by atoms with Crippen molar-refractivity contribution >= 4 is 0 Å². The second kappa shape index (κ2) is 5.04. The van der Waals surface area contributed by atoms with Crippen LogP contribution >= 0.6 is 0 Å². The molecule has 1 aromatic rings. The van der Waals surface area contributed by atoms with Gasteiger partial charge >= 0.3 is 0 Å². The zero-order valence-electron chi connectivity index (χ0n) is 8.52. The first-order valence-corrected chi connectivity index (χ1v) is 4.58. The first-order chi connectivity index (χ1) is 6.27. The highest BCUT2D eigenvalue weighted by atomic mass is 16.5. The Kier molecular flexibility index (Phi) is 3.99. The minimum atomic E-state index is 0.570. The molecule has 0 fully saturated rings. The molecule has 0 bridgehead atoms. The molecule has 0 atom stereocenters. The number of furan rings is 1. The van der Waals surface area contributed by atoms with Crippen LogP contribution in [0.3, 0.4) is 0 Å². The van der Waals surface area contributed by atoms with Crippen LogP contribution < -0.4 is 5.32 Å². The average molecular weight is 183 g/mol. The minimum absolute atomic E-state index is 0.570. The molecule has 1 N–H and O–H groups in total. The molecule has 0 saturated heterocycles. The smallest absolute Gasteiger partial charge is 0.130 e.